The Kier molecular flexibility index (Phi) is 14.7. The Balaban J connectivity index is 0.000000944. The number of carbonyl (C=O) groups excluding carboxylic acids is 3. The fourth-order valence-corrected chi connectivity index (χ4v) is 4.64. The third-order valence-corrected chi connectivity index (χ3v) is 7.14. The van der Waals surface area contributed by atoms with Gasteiger partial charge >= 0.3 is 23.9 Å². The van der Waals surface area contributed by atoms with Crippen LogP contribution < -0.4 is 33.0 Å². The largest absolute Gasteiger partial charge is 0.490 e. The molecule has 4 rings (SSSR count). The first kappa shape index (κ1) is 40.0. The molecule has 0 aliphatic heterocycles. The Morgan fingerprint density at radius 1 is 0.885 bits per heavy atom. The number of nitrogens with two attached hydrogens (primary N) is 2. The highest BCUT2D eigenvalue weighted by Crippen LogP contribution is 2.21. The summed E-state index contributed by atoms with van der Waals surface area (Å²) < 4.78 is 42.4. The number of guanidine groups is 1. The minimum atomic E-state index is -5.08. The van der Waals surface area contributed by atoms with Crippen LogP contribution >= 0.6 is 0 Å². The molecule has 0 radical (unpaired) electrons. The van der Waals surface area contributed by atoms with Crippen LogP contribution in [-0.4, -0.2) is 59.7 Å². The second kappa shape index (κ2) is 19.1. The molecule has 0 aliphatic rings. The number of amides is 3. The molecule has 3 aromatic carbocycles. The number of nitrogens with zero attached hydrogens (tertiary/aromatic N) is 1. The highest BCUT2D eigenvalue weighted by molar-refractivity contribution is 5.99. The van der Waals surface area contributed by atoms with E-state index in [2.05, 4.69) is 20.9 Å². The average Bonchev–Trinajstić information content (AvgIpc) is 3.08. The standard InChI is InChI=1S/C33H36N6O6.C2HF3O2/c1-21-17-29(40)45-28-19-24(14-15-25(21)28)37-30(41)26(13-8-16-36-32(34)35)38-31(42)27(18-22-9-4-2-5-10-22)39-33(43)44-20-23-11-6-3-7-12-23;3-2(4,5)1(6)7/h2-7,9-12,14-15,17,19,26-27H,8,13,16,18,20H2,1H3,(H,37,41)(H,38,42)(H,39,43)(H4,34,35,36);(H,6,7)/t26-,27-;/m0./s1. The molecule has 4 aromatic rings. The van der Waals surface area contributed by atoms with Gasteiger partial charge in [-0.25, -0.2) is 14.4 Å². The van der Waals surface area contributed by atoms with E-state index in [1.807, 2.05) is 60.7 Å². The highest BCUT2D eigenvalue weighted by Gasteiger charge is 2.38. The number of nitrogens with one attached hydrogen (secondary N) is 3. The van der Waals surface area contributed by atoms with Crippen LogP contribution in [0.25, 0.3) is 11.0 Å². The minimum absolute atomic E-state index is 0.0214. The lowest BCUT2D eigenvalue weighted by atomic mass is 10.0. The Labute approximate surface area is 295 Å². The maximum atomic E-state index is 13.6. The zero-order valence-electron chi connectivity index (χ0n) is 27.8. The summed E-state index contributed by atoms with van der Waals surface area (Å²) in [5, 5.41) is 16.0. The maximum absolute atomic E-state index is 13.6. The number of alkyl carbamates (subject to hydrolysis) is 1. The number of carboxylic acid groups (broad SMARTS) is 1. The molecule has 2 atom stereocenters. The van der Waals surface area contributed by atoms with Crippen LogP contribution in [-0.2, 0) is 32.1 Å². The van der Waals surface area contributed by atoms with Crippen molar-refractivity contribution in [2.75, 3.05) is 11.9 Å². The second-order valence-corrected chi connectivity index (χ2v) is 11.2. The van der Waals surface area contributed by atoms with Gasteiger partial charge in [-0.05, 0) is 48.6 Å². The normalized spacial score (nSPS) is 11.9. The number of carboxylic acids is 1. The lowest BCUT2D eigenvalue weighted by Crippen LogP contribution is -2.53. The Morgan fingerprint density at radius 2 is 1.50 bits per heavy atom. The summed E-state index contributed by atoms with van der Waals surface area (Å²) in [6.07, 6.45) is -5.15. The van der Waals surface area contributed by atoms with Gasteiger partial charge in [0.2, 0.25) is 11.8 Å². The molecule has 0 unspecified atom stereocenters. The number of anilines is 1. The molecule has 1 heterocycles. The molecule has 52 heavy (non-hydrogen) atoms. The Morgan fingerprint density at radius 3 is 2.10 bits per heavy atom. The summed E-state index contributed by atoms with van der Waals surface area (Å²) in [6.45, 7) is 2.05. The van der Waals surface area contributed by atoms with Crippen molar-refractivity contribution in [2.24, 2.45) is 16.5 Å². The molecule has 0 saturated carbocycles. The van der Waals surface area contributed by atoms with E-state index in [0.717, 1.165) is 22.1 Å². The molecule has 0 fully saturated rings. The van der Waals surface area contributed by atoms with E-state index >= 15 is 0 Å². The van der Waals surface area contributed by atoms with Gasteiger partial charge in [-0.3, -0.25) is 14.6 Å². The first-order valence-corrected chi connectivity index (χ1v) is 15.6. The van der Waals surface area contributed by atoms with E-state index in [1.54, 1.807) is 25.1 Å². The third kappa shape index (κ3) is 13.5. The Bertz CT molecular complexity index is 1920. The van der Waals surface area contributed by atoms with E-state index in [1.165, 1.54) is 6.07 Å². The third-order valence-electron chi connectivity index (χ3n) is 7.14. The lowest BCUT2D eigenvalue weighted by Gasteiger charge is -2.23. The van der Waals surface area contributed by atoms with Gasteiger partial charge in [0.15, 0.2) is 5.96 Å². The lowest BCUT2D eigenvalue weighted by molar-refractivity contribution is -0.192. The van der Waals surface area contributed by atoms with E-state index in [9.17, 15) is 32.3 Å². The fraction of sp³-hybridized carbons (Fsp3) is 0.257. The predicted octanol–water partition coefficient (Wildman–Crippen LogP) is 3.75. The first-order valence-electron chi connectivity index (χ1n) is 15.6. The molecule has 0 bridgehead atoms. The summed E-state index contributed by atoms with van der Waals surface area (Å²) in [5.74, 6) is -3.95. The van der Waals surface area contributed by atoms with Gasteiger partial charge in [0.1, 0.15) is 24.3 Å². The van der Waals surface area contributed by atoms with Crippen molar-refractivity contribution in [3.8, 4) is 0 Å². The minimum Gasteiger partial charge on any atom is -0.475 e. The van der Waals surface area contributed by atoms with Gasteiger partial charge < -0.3 is 41.7 Å². The number of alkyl halides is 3. The van der Waals surface area contributed by atoms with Gasteiger partial charge in [-0.15, -0.1) is 0 Å². The number of rotatable bonds is 13. The number of benzene rings is 3. The molecule has 0 spiro atoms. The summed E-state index contributed by atoms with van der Waals surface area (Å²) in [5.41, 5.74) is 13.4. The van der Waals surface area contributed by atoms with Crippen molar-refractivity contribution in [1.29, 1.82) is 0 Å². The monoisotopic (exact) mass is 726 g/mol. The molecular formula is C35H37F3N6O8. The van der Waals surface area contributed by atoms with Crippen molar-refractivity contribution in [1.82, 2.24) is 10.6 Å². The fourth-order valence-electron chi connectivity index (χ4n) is 4.64. The number of aliphatic imine (C=N–C) groups is 1. The van der Waals surface area contributed by atoms with Crippen LogP contribution in [0.3, 0.4) is 0 Å². The van der Waals surface area contributed by atoms with E-state index in [0.29, 0.717) is 17.7 Å². The number of ether oxygens (including phenoxy) is 1. The van der Waals surface area contributed by atoms with Crippen LogP contribution in [0, 0.1) is 6.92 Å². The van der Waals surface area contributed by atoms with Crippen molar-refractivity contribution < 1.29 is 46.6 Å². The number of halogens is 3. The topological polar surface area (TPSA) is 228 Å². The van der Waals surface area contributed by atoms with Crippen molar-refractivity contribution >= 4 is 46.5 Å². The smallest absolute Gasteiger partial charge is 0.475 e. The van der Waals surface area contributed by atoms with Crippen molar-refractivity contribution in [3.05, 3.63) is 112 Å². The molecule has 0 aliphatic carbocycles. The first-order chi connectivity index (χ1) is 24.6. The van der Waals surface area contributed by atoms with E-state index in [4.69, 9.17) is 30.5 Å². The number of hydrogen-bond acceptors (Lipinski definition) is 8. The summed E-state index contributed by atoms with van der Waals surface area (Å²) >= 11 is 0. The number of aliphatic carboxylic acids is 1. The highest BCUT2D eigenvalue weighted by atomic mass is 19.4. The van der Waals surface area contributed by atoms with Crippen LogP contribution in [0.1, 0.15) is 29.5 Å². The van der Waals surface area contributed by atoms with Crippen LogP contribution in [0.15, 0.2) is 99.1 Å². The van der Waals surface area contributed by atoms with Gasteiger partial charge in [-0.1, -0.05) is 60.7 Å². The molecule has 17 heteroatoms. The van der Waals surface area contributed by atoms with E-state index in [-0.39, 0.29) is 32.0 Å². The van der Waals surface area contributed by atoms with Gasteiger partial charge in [0.05, 0.1) is 0 Å². The zero-order chi connectivity index (χ0) is 38.3. The van der Waals surface area contributed by atoms with Crippen molar-refractivity contribution in [2.45, 2.75) is 51.1 Å². The molecule has 3 amide bonds. The summed E-state index contributed by atoms with van der Waals surface area (Å²) in [4.78, 5) is 64.6. The predicted molar refractivity (Wildman–Crippen MR) is 185 cm³/mol. The summed E-state index contributed by atoms with van der Waals surface area (Å²) in [6, 6.07) is 22.6. The Hall–Kier alpha value is -6.39. The molecule has 8 N–H and O–H groups in total. The quantitative estimate of drug-likeness (QED) is 0.0506. The van der Waals surface area contributed by atoms with Crippen LogP contribution in [0.5, 0.6) is 0 Å². The second-order valence-electron chi connectivity index (χ2n) is 11.2. The number of carbonyl (C=O) groups is 4. The SMILES string of the molecule is Cc1cc(=O)oc2cc(NC(=O)[C@H](CCCN=C(N)N)NC(=O)[C@H](Cc3ccccc3)NC(=O)OCc3ccccc3)ccc12.O=C(O)C(F)(F)F. The molecule has 276 valence electrons. The summed E-state index contributed by atoms with van der Waals surface area (Å²) in [7, 11) is 0. The van der Waals surface area contributed by atoms with Gasteiger partial charge in [0, 0.05) is 36.2 Å². The molecule has 1 aromatic heterocycles. The average molecular weight is 727 g/mol. The maximum Gasteiger partial charge on any atom is 0.490 e. The molecule has 14 nitrogen and oxygen atoms in total. The molecule has 0 saturated heterocycles. The van der Waals surface area contributed by atoms with Gasteiger partial charge in [-0.2, -0.15) is 13.2 Å². The van der Waals surface area contributed by atoms with E-state index < -0.39 is 47.8 Å². The van der Waals surface area contributed by atoms with Gasteiger partial charge in [0.25, 0.3) is 0 Å². The molecular weight excluding hydrogens is 689 g/mol. The number of aryl methyl sites for hydroxylation is 1. The van der Waals surface area contributed by atoms with Crippen LogP contribution in [0.2, 0.25) is 0 Å². The van der Waals surface area contributed by atoms with Crippen molar-refractivity contribution in [3.63, 3.8) is 0 Å². The number of fused-ring (bicyclic) bond motifs is 1. The zero-order valence-corrected chi connectivity index (χ0v) is 27.8. The number of hydrogen-bond donors (Lipinski definition) is 6. The van der Waals surface area contributed by atoms with Crippen LogP contribution in [0.4, 0.5) is 23.7 Å².